The lowest BCUT2D eigenvalue weighted by molar-refractivity contribution is -0.142. The standard InChI is InChI=1S/C13H12BrNO4/c1-17-11-6-9(4-3-5-15)10(14)7-12(11)19-8-13(16)18-2/h3-4,6-7H,8H2,1-2H3. The summed E-state index contributed by atoms with van der Waals surface area (Å²) in [6.07, 6.45) is 2.99. The van der Waals surface area contributed by atoms with Gasteiger partial charge in [-0.1, -0.05) is 15.9 Å². The molecule has 0 amide bonds. The minimum Gasteiger partial charge on any atom is -0.493 e. The van der Waals surface area contributed by atoms with E-state index in [1.165, 1.54) is 20.3 Å². The van der Waals surface area contributed by atoms with E-state index < -0.39 is 5.97 Å². The molecule has 0 aliphatic rings. The molecular weight excluding hydrogens is 314 g/mol. The van der Waals surface area contributed by atoms with Crippen LogP contribution in [0.25, 0.3) is 6.08 Å². The molecule has 0 fully saturated rings. The van der Waals surface area contributed by atoms with Gasteiger partial charge in [-0.15, -0.1) is 0 Å². The van der Waals surface area contributed by atoms with Crippen LogP contribution in [0.2, 0.25) is 0 Å². The second-order valence-electron chi connectivity index (χ2n) is 3.35. The fraction of sp³-hybridized carbons (Fsp3) is 0.231. The predicted molar refractivity (Wildman–Crippen MR) is 72.9 cm³/mol. The van der Waals surface area contributed by atoms with Gasteiger partial charge in [0, 0.05) is 10.5 Å². The Balaban J connectivity index is 3.00. The van der Waals surface area contributed by atoms with Crippen LogP contribution in [0.5, 0.6) is 11.5 Å². The third kappa shape index (κ3) is 4.30. The number of rotatable bonds is 5. The van der Waals surface area contributed by atoms with E-state index in [0.717, 1.165) is 10.0 Å². The maximum absolute atomic E-state index is 11.0. The first-order valence-corrected chi connectivity index (χ1v) is 6.05. The molecule has 0 radical (unpaired) electrons. The van der Waals surface area contributed by atoms with E-state index >= 15 is 0 Å². The molecule has 0 aliphatic heterocycles. The molecular formula is C13H12BrNO4. The highest BCUT2D eigenvalue weighted by Gasteiger charge is 2.11. The van der Waals surface area contributed by atoms with Crippen molar-refractivity contribution in [2.75, 3.05) is 20.8 Å². The SMILES string of the molecule is COC(=O)COc1cc(Br)c(C=CC#N)cc1OC. The Bertz CT molecular complexity index is 534. The minimum atomic E-state index is -0.480. The number of halogens is 1. The van der Waals surface area contributed by atoms with Crippen LogP contribution >= 0.6 is 15.9 Å². The van der Waals surface area contributed by atoms with Gasteiger partial charge >= 0.3 is 5.97 Å². The average Bonchev–Trinajstić information content (AvgIpc) is 2.43. The van der Waals surface area contributed by atoms with Gasteiger partial charge in [-0.2, -0.15) is 5.26 Å². The van der Waals surface area contributed by atoms with Gasteiger partial charge in [0.2, 0.25) is 0 Å². The van der Waals surface area contributed by atoms with Crippen LogP contribution in [-0.2, 0) is 9.53 Å². The van der Waals surface area contributed by atoms with Crippen LogP contribution in [0.1, 0.15) is 5.56 Å². The van der Waals surface area contributed by atoms with Crippen LogP contribution in [0.15, 0.2) is 22.7 Å². The Morgan fingerprint density at radius 1 is 1.42 bits per heavy atom. The lowest BCUT2D eigenvalue weighted by Gasteiger charge is -2.11. The molecule has 0 saturated heterocycles. The summed E-state index contributed by atoms with van der Waals surface area (Å²) < 4.78 is 15.7. The molecule has 0 unspecified atom stereocenters. The van der Waals surface area contributed by atoms with Crippen molar-refractivity contribution in [1.29, 1.82) is 5.26 Å². The van der Waals surface area contributed by atoms with Crippen molar-refractivity contribution in [2.24, 2.45) is 0 Å². The minimum absolute atomic E-state index is 0.202. The number of hydrogen-bond acceptors (Lipinski definition) is 5. The molecule has 5 nitrogen and oxygen atoms in total. The molecule has 1 aromatic carbocycles. The molecule has 0 spiro atoms. The number of ether oxygens (including phenoxy) is 3. The first kappa shape index (κ1) is 15.1. The number of hydrogen-bond donors (Lipinski definition) is 0. The van der Waals surface area contributed by atoms with Crippen molar-refractivity contribution < 1.29 is 19.0 Å². The maximum atomic E-state index is 11.0. The normalized spacial score (nSPS) is 10.0. The second kappa shape index (κ2) is 7.44. The fourth-order valence-corrected chi connectivity index (χ4v) is 1.73. The van der Waals surface area contributed by atoms with E-state index in [-0.39, 0.29) is 6.61 Å². The average molecular weight is 326 g/mol. The molecule has 6 heteroatoms. The summed E-state index contributed by atoms with van der Waals surface area (Å²) >= 11 is 3.35. The van der Waals surface area contributed by atoms with E-state index in [9.17, 15) is 4.79 Å². The zero-order valence-corrected chi connectivity index (χ0v) is 12.1. The highest BCUT2D eigenvalue weighted by molar-refractivity contribution is 9.10. The van der Waals surface area contributed by atoms with E-state index in [0.29, 0.717) is 11.5 Å². The van der Waals surface area contributed by atoms with Crippen LogP contribution in [-0.4, -0.2) is 26.8 Å². The van der Waals surface area contributed by atoms with E-state index in [1.54, 1.807) is 18.2 Å². The Labute approximate surface area is 119 Å². The smallest absolute Gasteiger partial charge is 0.343 e. The van der Waals surface area contributed by atoms with Crippen molar-refractivity contribution in [3.63, 3.8) is 0 Å². The van der Waals surface area contributed by atoms with Crippen LogP contribution in [0.4, 0.5) is 0 Å². The molecule has 0 N–H and O–H groups in total. The number of benzene rings is 1. The molecule has 100 valence electrons. The van der Waals surface area contributed by atoms with E-state index in [4.69, 9.17) is 14.7 Å². The molecule has 0 bridgehead atoms. The molecule has 0 atom stereocenters. The van der Waals surface area contributed by atoms with Gasteiger partial charge in [-0.25, -0.2) is 4.79 Å². The molecule has 1 rings (SSSR count). The molecule has 19 heavy (non-hydrogen) atoms. The largest absolute Gasteiger partial charge is 0.493 e. The van der Waals surface area contributed by atoms with Crippen LogP contribution in [0, 0.1) is 11.3 Å². The van der Waals surface area contributed by atoms with Crippen LogP contribution < -0.4 is 9.47 Å². The topological polar surface area (TPSA) is 68.5 Å². The van der Waals surface area contributed by atoms with Gasteiger partial charge in [-0.05, 0) is 23.8 Å². The number of nitriles is 1. The lowest BCUT2D eigenvalue weighted by Crippen LogP contribution is -2.13. The molecule has 0 saturated carbocycles. The van der Waals surface area contributed by atoms with Crippen LogP contribution in [0.3, 0.4) is 0 Å². The third-order valence-corrected chi connectivity index (χ3v) is 2.88. The quantitative estimate of drug-likeness (QED) is 0.614. The Morgan fingerprint density at radius 2 is 2.16 bits per heavy atom. The predicted octanol–water partition coefficient (Wildman–Crippen LogP) is 2.55. The first-order valence-electron chi connectivity index (χ1n) is 5.25. The van der Waals surface area contributed by atoms with Gasteiger partial charge in [-0.3, -0.25) is 0 Å². The van der Waals surface area contributed by atoms with E-state index in [1.807, 2.05) is 6.07 Å². The van der Waals surface area contributed by atoms with Gasteiger partial charge in [0.1, 0.15) is 0 Å². The summed E-state index contributed by atoms with van der Waals surface area (Å²) in [5.74, 6) is 0.394. The third-order valence-electron chi connectivity index (χ3n) is 2.19. The monoisotopic (exact) mass is 325 g/mol. The highest BCUT2D eigenvalue weighted by Crippen LogP contribution is 2.34. The van der Waals surface area contributed by atoms with Crippen molar-refractivity contribution in [1.82, 2.24) is 0 Å². The molecule has 1 aromatic rings. The zero-order valence-electron chi connectivity index (χ0n) is 10.5. The lowest BCUT2D eigenvalue weighted by atomic mass is 10.2. The number of carbonyl (C=O) groups excluding carboxylic acids is 1. The molecule has 0 aromatic heterocycles. The Morgan fingerprint density at radius 3 is 2.74 bits per heavy atom. The zero-order chi connectivity index (χ0) is 14.3. The number of methoxy groups -OCH3 is 2. The first-order chi connectivity index (χ1) is 9.12. The molecule has 0 aliphatic carbocycles. The van der Waals surface area contributed by atoms with Gasteiger partial charge in [0.05, 0.1) is 20.3 Å². The van der Waals surface area contributed by atoms with E-state index in [2.05, 4.69) is 20.7 Å². The summed E-state index contributed by atoms with van der Waals surface area (Å²) in [7, 11) is 2.78. The number of allylic oxidation sites excluding steroid dienone is 1. The Hall–Kier alpha value is -2.00. The molecule has 0 heterocycles. The van der Waals surface area contributed by atoms with Crippen molar-refractivity contribution in [3.8, 4) is 17.6 Å². The summed E-state index contributed by atoms with van der Waals surface area (Å²) in [6, 6.07) is 5.27. The summed E-state index contributed by atoms with van der Waals surface area (Å²) in [5.41, 5.74) is 0.767. The second-order valence-corrected chi connectivity index (χ2v) is 4.21. The van der Waals surface area contributed by atoms with Gasteiger partial charge in [0.15, 0.2) is 18.1 Å². The van der Waals surface area contributed by atoms with Gasteiger partial charge in [0.25, 0.3) is 0 Å². The maximum Gasteiger partial charge on any atom is 0.343 e. The summed E-state index contributed by atoms with van der Waals surface area (Å²) in [6.45, 7) is -0.202. The summed E-state index contributed by atoms with van der Waals surface area (Å²) in [5, 5.41) is 8.51. The number of esters is 1. The summed E-state index contributed by atoms with van der Waals surface area (Å²) in [4.78, 5) is 11.0. The number of carbonyl (C=O) groups is 1. The number of nitrogens with zero attached hydrogens (tertiary/aromatic N) is 1. The highest BCUT2D eigenvalue weighted by atomic mass is 79.9. The van der Waals surface area contributed by atoms with Crippen molar-refractivity contribution >= 4 is 28.0 Å². The van der Waals surface area contributed by atoms with Crippen molar-refractivity contribution in [3.05, 3.63) is 28.2 Å². The Kier molecular flexibility index (Phi) is 5.90. The van der Waals surface area contributed by atoms with Gasteiger partial charge < -0.3 is 14.2 Å². The fourth-order valence-electron chi connectivity index (χ4n) is 1.27. The van der Waals surface area contributed by atoms with Crippen molar-refractivity contribution in [2.45, 2.75) is 0 Å².